The van der Waals surface area contributed by atoms with Crippen molar-refractivity contribution in [3.8, 4) is 0 Å². The summed E-state index contributed by atoms with van der Waals surface area (Å²) in [6.07, 6.45) is 1.06. The van der Waals surface area contributed by atoms with Crippen molar-refractivity contribution >= 4 is 39.1 Å². The molecule has 2 aromatic rings. The highest BCUT2D eigenvalue weighted by atomic mass is 35.5. The second-order valence-electron chi connectivity index (χ2n) is 8.57. The number of amides is 2. The van der Waals surface area contributed by atoms with Crippen LogP contribution in [-0.2, 0) is 26.2 Å². The Morgan fingerprint density at radius 3 is 2.24 bits per heavy atom. The topological polar surface area (TPSA) is 86.8 Å². The Morgan fingerprint density at radius 1 is 1.06 bits per heavy atom. The van der Waals surface area contributed by atoms with Gasteiger partial charge in [0.2, 0.25) is 21.8 Å². The maximum atomic E-state index is 13.4. The molecule has 0 aliphatic heterocycles. The van der Waals surface area contributed by atoms with E-state index in [1.165, 1.54) is 4.90 Å². The standard InChI is InChI=1S/C24H32ClN3O4S/c1-17(2)14-26-24(30)19(4)27(15-20-7-6-8-21(25)13-20)23(29)16-28(33(5,31)32)22-11-9-18(3)10-12-22/h6-13,17,19H,14-16H2,1-5H3,(H,26,30)/t19-/m1/s1. The van der Waals surface area contributed by atoms with E-state index in [1.54, 1.807) is 55.5 Å². The number of anilines is 1. The van der Waals surface area contributed by atoms with Crippen molar-refractivity contribution in [3.63, 3.8) is 0 Å². The summed E-state index contributed by atoms with van der Waals surface area (Å²) in [4.78, 5) is 27.6. The van der Waals surface area contributed by atoms with E-state index < -0.39 is 28.5 Å². The molecule has 0 aromatic heterocycles. The van der Waals surface area contributed by atoms with E-state index in [0.717, 1.165) is 21.7 Å². The predicted octanol–water partition coefficient (Wildman–Crippen LogP) is 3.60. The second kappa shape index (κ2) is 11.5. The summed E-state index contributed by atoms with van der Waals surface area (Å²) in [5.74, 6) is -0.547. The lowest BCUT2D eigenvalue weighted by atomic mass is 10.1. The molecular formula is C24H32ClN3O4S. The lowest BCUT2D eigenvalue weighted by Crippen LogP contribution is -2.51. The molecule has 0 saturated heterocycles. The highest BCUT2D eigenvalue weighted by molar-refractivity contribution is 7.92. The van der Waals surface area contributed by atoms with E-state index >= 15 is 0 Å². The van der Waals surface area contributed by atoms with Gasteiger partial charge in [0, 0.05) is 18.1 Å². The predicted molar refractivity (Wildman–Crippen MR) is 133 cm³/mol. The van der Waals surface area contributed by atoms with Crippen molar-refractivity contribution in [1.82, 2.24) is 10.2 Å². The summed E-state index contributed by atoms with van der Waals surface area (Å²) in [6.45, 7) is 7.64. The van der Waals surface area contributed by atoms with Crippen LogP contribution in [0, 0.1) is 12.8 Å². The Labute approximate surface area is 201 Å². The van der Waals surface area contributed by atoms with Crippen LogP contribution in [0.4, 0.5) is 5.69 Å². The lowest BCUT2D eigenvalue weighted by molar-refractivity contribution is -0.139. The summed E-state index contributed by atoms with van der Waals surface area (Å²) >= 11 is 6.10. The molecule has 180 valence electrons. The minimum atomic E-state index is -3.74. The SMILES string of the molecule is Cc1ccc(N(CC(=O)N(Cc2cccc(Cl)c2)[C@H](C)C(=O)NCC(C)C)S(C)(=O)=O)cc1. The van der Waals surface area contributed by atoms with Crippen molar-refractivity contribution < 1.29 is 18.0 Å². The number of carbonyl (C=O) groups is 2. The summed E-state index contributed by atoms with van der Waals surface area (Å²) in [5, 5.41) is 3.35. The Kier molecular flexibility index (Phi) is 9.31. The molecule has 0 aliphatic rings. The number of carbonyl (C=O) groups excluding carboxylic acids is 2. The molecule has 0 fully saturated rings. The number of aryl methyl sites for hydroxylation is 1. The molecule has 9 heteroatoms. The Hall–Kier alpha value is -2.58. The van der Waals surface area contributed by atoms with Crippen LogP contribution < -0.4 is 9.62 Å². The quantitative estimate of drug-likeness (QED) is 0.547. The zero-order valence-electron chi connectivity index (χ0n) is 19.7. The molecule has 2 aromatic carbocycles. The summed E-state index contributed by atoms with van der Waals surface area (Å²) in [7, 11) is -3.74. The molecule has 2 rings (SSSR count). The molecule has 0 radical (unpaired) electrons. The van der Waals surface area contributed by atoms with E-state index in [-0.39, 0.29) is 18.4 Å². The van der Waals surface area contributed by atoms with Gasteiger partial charge in [-0.15, -0.1) is 0 Å². The molecule has 0 unspecified atom stereocenters. The third kappa shape index (κ3) is 8.05. The fourth-order valence-electron chi connectivity index (χ4n) is 3.19. The monoisotopic (exact) mass is 493 g/mol. The van der Waals surface area contributed by atoms with Gasteiger partial charge < -0.3 is 10.2 Å². The normalized spacial score (nSPS) is 12.3. The highest BCUT2D eigenvalue weighted by Crippen LogP contribution is 2.20. The van der Waals surface area contributed by atoms with Crippen LogP contribution >= 0.6 is 11.6 Å². The van der Waals surface area contributed by atoms with Gasteiger partial charge in [-0.1, -0.05) is 55.3 Å². The van der Waals surface area contributed by atoms with Crippen LogP contribution in [-0.4, -0.2) is 50.5 Å². The maximum Gasteiger partial charge on any atom is 0.244 e. The van der Waals surface area contributed by atoms with Crippen molar-refractivity contribution in [2.75, 3.05) is 23.7 Å². The summed E-state index contributed by atoms with van der Waals surface area (Å²) in [5.41, 5.74) is 2.09. The van der Waals surface area contributed by atoms with Gasteiger partial charge in [0.25, 0.3) is 0 Å². The first-order chi connectivity index (χ1) is 15.4. The molecule has 2 amide bonds. The smallest absolute Gasteiger partial charge is 0.244 e. The number of hydrogen-bond acceptors (Lipinski definition) is 4. The molecule has 7 nitrogen and oxygen atoms in total. The van der Waals surface area contributed by atoms with E-state index in [2.05, 4.69) is 5.32 Å². The van der Waals surface area contributed by atoms with Crippen molar-refractivity contribution in [3.05, 3.63) is 64.7 Å². The van der Waals surface area contributed by atoms with Crippen molar-refractivity contribution in [2.24, 2.45) is 5.92 Å². The largest absolute Gasteiger partial charge is 0.354 e. The average molecular weight is 494 g/mol. The molecule has 1 atom stereocenters. The molecule has 0 aliphatic carbocycles. The van der Waals surface area contributed by atoms with Gasteiger partial charge in [0.15, 0.2) is 0 Å². The van der Waals surface area contributed by atoms with Gasteiger partial charge >= 0.3 is 0 Å². The van der Waals surface area contributed by atoms with E-state index in [1.807, 2.05) is 20.8 Å². The summed E-state index contributed by atoms with van der Waals surface area (Å²) < 4.78 is 26.1. The number of sulfonamides is 1. The number of rotatable bonds is 10. The van der Waals surface area contributed by atoms with Crippen LogP contribution in [0.2, 0.25) is 5.02 Å². The number of hydrogen-bond donors (Lipinski definition) is 1. The first-order valence-electron chi connectivity index (χ1n) is 10.7. The number of halogens is 1. The fraction of sp³-hybridized carbons (Fsp3) is 0.417. The molecule has 0 spiro atoms. The second-order valence-corrected chi connectivity index (χ2v) is 10.9. The molecule has 0 bridgehead atoms. The molecule has 1 N–H and O–H groups in total. The minimum Gasteiger partial charge on any atom is -0.354 e. The Morgan fingerprint density at radius 2 is 1.70 bits per heavy atom. The Balaban J connectivity index is 2.35. The number of benzene rings is 2. The maximum absolute atomic E-state index is 13.4. The third-order valence-electron chi connectivity index (χ3n) is 5.09. The van der Waals surface area contributed by atoms with Crippen LogP contribution in [0.15, 0.2) is 48.5 Å². The van der Waals surface area contributed by atoms with Crippen LogP contribution in [0.5, 0.6) is 0 Å². The van der Waals surface area contributed by atoms with Gasteiger partial charge in [0.1, 0.15) is 12.6 Å². The minimum absolute atomic E-state index is 0.112. The zero-order chi connectivity index (χ0) is 24.8. The van der Waals surface area contributed by atoms with Gasteiger partial charge in [-0.3, -0.25) is 13.9 Å². The summed E-state index contributed by atoms with van der Waals surface area (Å²) in [6, 6.07) is 13.1. The van der Waals surface area contributed by atoms with Crippen molar-refractivity contribution in [1.29, 1.82) is 0 Å². The Bertz CT molecular complexity index is 1070. The van der Waals surface area contributed by atoms with Gasteiger partial charge in [0.05, 0.1) is 11.9 Å². The molecule has 33 heavy (non-hydrogen) atoms. The van der Waals surface area contributed by atoms with Crippen LogP contribution in [0.1, 0.15) is 31.9 Å². The zero-order valence-corrected chi connectivity index (χ0v) is 21.3. The average Bonchev–Trinajstić information content (AvgIpc) is 2.73. The van der Waals surface area contributed by atoms with Crippen LogP contribution in [0.3, 0.4) is 0 Å². The van der Waals surface area contributed by atoms with E-state index in [4.69, 9.17) is 11.6 Å². The first kappa shape index (κ1) is 26.7. The van der Waals surface area contributed by atoms with Gasteiger partial charge in [-0.2, -0.15) is 0 Å². The number of nitrogens with zero attached hydrogens (tertiary/aromatic N) is 2. The first-order valence-corrected chi connectivity index (χ1v) is 13.0. The van der Waals surface area contributed by atoms with Crippen LogP contribution in [0.25, 0.3) is 0 Å². The molecule has 0 saturated carbocycles. The third-order valence-corrected chi connectivity index (χ3v) is 6.47. The van der Waals surface area contributed by atoms with Crippen molar-refractivity contribution in [2.45, 2.75) is 40.3 Å². The lowest BCUT2D eigenvalue weighted by Gasteiger charge is -2.31. The molecule has 0 heterocycles. The van der Waals surface area contributed by atoms with Gasteiger partial charge in [-0.25, -0.2) is 8.42 Å². The van der Waals surface area contributed by atoms with E-state index in [9.17, 15) is 18.0 Å². The van der Waals surface area contributed by atoms with E-state index in [0.29, 0.717) is 17.3 Å². The molecular weight excluding hydrogens is 462 g/mol. The highest BCUT2D eigenvalue weighted by Gasteiger charge is 2.30. The fourth-order valence-corrected chi connectivity index (χ4v) is 4.25. The number of nitrogens with one attached hydrogen (secondary N) is 1. The van der Waals surface area contributed by atoms with Gasteiger partial charge in [-0.05, 0) is 49.6 Å².